The Morgan fingerprint density at radius 3 is 3.03 bits per heavy atom. The number of para-hydroxylation sites is 1. The Labute approximate surface area is 195 Å². The van der Waals surface area contributed by atoms with E-state index in [2.05, 4.69) is 45.4 Å². The number of epoxide rings is 1. The van der Waals surface area contributed by atoms with E-state index in [9.17, 15) is 4.79 Å². The smallest absolute Gasteiger partial charge is 0.310 e. The van der Waals surface area contributed by atoms with Crippen LogP contribution in [0.1, 0.15) is 38.8 Å². The van der Waals surface area contributed by atoms with Crippen molar-refractivity contribution in [1.29, 1.82) is 0 Å². The van der Waals surface area contributed by atoms with Crippen molar-refractivity contribution in [3.8, 4) is 5.69 Å². The van der Waals surface area contributed by atoms with Gasteiger partial charge in [-0.1, -0.05) is 28.5 Å². The van der Waals surface area contributed by atoms with Gasteiger partial charge in [0.15, 0.2) is 0 Å². The third-order valence-corrected chi connectivity index (χ3v) is 8.58. The summed E-state index contributed by atoms with van der Waals surface area (Å²) in [6.45, 7) is 5.59. The number of carbonyl (C=O) groups is 1. The fraction of sp³-hybridized carbons (Fsp3) is 0.542. The van der Waals surface area contributed by atoms with Crippen LogP contribution in [0.3, 0.4) is 0 Å². The zero-order valence-electron chi connectivity index (χ0n) is 18.3. The van der Waals surface area contributed by atoms with Crippen LogP contribution < -0.4 is 5.32 Å². The third kappa shape index (κ3) is 3.18. The minimum Gasteiger partial charge on any atom is -0.461 e. The molecule has 6 rings (SSSR count). The number of nitrogens with zero attached hydrogens (tertiary/aromatic N) is 3. The van der Waals surface area contributed by atoms with E-state index in [1.165, 1.54) is 11.1 Å². The maximum atomic E-state index is 12.9. The number of fused-ring (bicyclic) bond motifs is 5. The topological polar surface area (TPSA) is 81.6 Å². The van der Waals surface area contributed by atoms with Crippen LogP contribution in [0, 0.1) is 17.8 Å². The maximum Gasteiger partial charge on any atom is 0.310 e. The van der Waals surface area contributed by atoms with Gasteiger partial charge in [0.1, 0.15) is 11.7 Å². The molecular formula is C24H27BrN4O3. The van der Waals surface area contributed by atoms with Crippen LogP contribution in [0.2, 0.25) is 0 Å². The number of aromatic nitrogens is 3. The Kier molecular flexibility index (Phi) is 4.82. The number of benzene rings is 1. The SMILES string of the molecule is CC1=C2C[C@H]3O[C@@]3(C)[C@@H]2[C@H]2OC(=O)[C@@H](CNCc3cn(-c4ccccc4Br)nn3)[C@@H]2CC1. The van der Waals surface area contributed by atoms with E-state index in [0.29, 0.717) is 19.2 Å². The molecule has 1 aromatic carbocycles. The van der Waals surface area contributed by atoms with Crippen molar-refractivity contribution in [3.63, 3.8) is 0 Å². The first kappa shape index (κ1) is 20.6. The summed E-state index contributed by atoms with van der Waals surface area (Å²) in [4.78, 5) is 12.9. The molecule has 6 atom stereocenters. The Morgan fingerprint density at radius 1 is 1.34 bits per heavy atom. The first-order valence-electron chi connectivity index (χ1n) is 11.4. The molecule has 32 heavy (non-hydrogen) atoms. The van der Waals surface area contributed by atoms with Crippen LogP contribution in [0.5, 0.6) is 0 Å². The number of esters is 1. The quantitative estimate of drug-likeness (QED) is 0.385. The van der Waals surface area contributed by atoms with Crippen molar-refractivity contribution >= 4 is 21.9 Å². The predicted molar refractivity (Wildman–Crippen MR) is 121 cm³/mol. The van der Waals surface area contributed by atoms with E-state index in [1.54, 1.807) is 4.68 Å². The van der Waals surface area contributed by atoms with Gasteiger partial charge in [-0.05, 0) is 61.2 Å². The number of rotatable bonds is 5. The normalized spacial score (nSPS) is 35.2. The Balaban J connectivity index is 1.13. The lowest BCUT2D eigenvalue weighted by molar-refractivity contribution is -0.146. The molecule has 3 fully saturated rings. The lowest BCUT2D eigenvalue weighted by Crippen LogP contribution is -2.37. The highest BCUT2D eigenvalue weighted by molar-refractivity contribution is 9.10. The predicted octanol–water partition coefficient (Wildman–Crippen LogP) is 3.56. The van der Waals surface area contributed by atoms with Crippen LogP contribution in [0.4, 0.5) is 0 Å². The second kappa shape index (κ2) is 7.50. The molecule has 1 N–H and O–H groups in total. The van der Waals surface area contributed by atoms with Crippen molar-refractivity contribution < 1.29 is 14.3 Å². The first-order valence-corrected chi connectivity index (χ1v) is 12.2. The van der Waals surface area contributed by atoms with Crippen molar-refractivity contribution in [3.05, 3.63) is 51.8 Å². The van der Waals surface area contributed by atoms with Crippen LogP contribution in [0.25, 0.3) is 5.69 Å². The summed E-state index contributed by atoms with van der Waals surface area (Å²) in [5.74, 6) is 0.240. The number of hydrogen-bond acceptors (Lipinski definition) is 6. The first-order chi connectivity index (χ1) is 15.5. The molecule has 0 spiro atoms. The average Bonchev–Trinajstić information content (AvgIpc) is 3.05. The highest BCUT2D eigenvalue weighted by Crippen LogP contribution is 2.62. The molecule has 8 heteroatoms. The van der Waals surface area contributed by atoms with Gasteiger partial charge >= 0.3 is 5.97 Å². The van der Waals surface area contributed by atoms with E-state index in [-0.39, 0.29) is 35.4 Å². The van der Waals surface area contributed by atoms with E-state index >= 15 is 0 Å². The summed E-state index contributed by atoms with van der Waals surface area (Å²) < 4.78 is 14.8. The summed E-state index contributed by atoms with van der Waals surface area (Å²) in [7, 11) is 0. The monoisotopic (exact) mass is 498 g/mol. The number of nitrogens with one attached hydrogen (secondary N) is 1. The summed E-state index contributed by atoms with van der Waals surface area (Å²) >= 11 is 3.55. The van der Waals surface area contributed by atoms with E-state index < -0.39 is 0 Å². The highest BCUT2D eigenvalue weighted by Gasteiger charge is 2.69. The van der Waals surface area contributed by atoms with Gasteiger partial charge in [0, 0.05) is 29.4 Å². The molecule has 0 radical (unpaired) electrons. The minimum atomic E-state index is -0.142. The zero-order chi connectivity index (χ0) is 22.0. The Hall–Kier alpha value is -2.03. The Bertz CT molecular complexity index is 1110. The van der Waals surface area contributed by atoms with Gasteiger partial charge in [-0.15, -0.1) is 5.10 Å². The molecule has 0 bridgehead atoms. The van der Waals surface area contributed by atoms with Crippen LogP contribution in [-0.4, -0.2) is 45.3 Å². The standard InChI is InChI=1S/C24H27BrN4O3/c1-13-7-8-15-17(23(30)31-22(15)21-16(13)9-20-24(21,2)32-20)11-26-10-14-12-29(28-27-14)19-6-4-3-5-18(19)25/h3-6,12,15,17,20-22,26H,7-11H2,1-2H3/t15-,17-,20+,21-,22-,24+/m0/s1. The number of carbonyl (C=O) groups excluding carboxylic acids is 1. The second-order valence-corrected chi connectivity index (χ2v) is 10.6. The molecule has 2 aromatic rings. The van der Waals surface area contributed by atoms with Gasteiger partial charge in [-0.2, -0.15) is 0 Å². The minimum absolute atomic E-state index is 0.0597. The van der Waals surface area contributed by atoms with Crippen molar-refractivity contribution in [1.82, 2.24) is 20.3 Å². The Morgan fingerprint density at radius 2 is 2.19 bits per heavy atom. The lowest BCUT2D eigenvalue weighted by Gasteiger charge is -2.28. The van der Waals surface area contributed by atoms with Gasteiger partial charge in [-0.25, -0.2) is 4.68 Å². The molecule has 2 aliphatic carbocycles. The maximum absolute atomic E-state index is 12.9. The number of halogens is 1. The molecule has 4 aliphatic rings. The molecule has 7 nitrogen and oxygen atoms in total. The lowest BCUT2D eigenvalue weighted by atomic mass is 9.78. The van der Waals surface area contributed by atoms with Gasteiger partial charge in [0.2, 0.25) is 0 Å². The van der Waals surface area contributed by atoms with E-state index in [4.69, 9.17) is 9.47 Å². The van der Waals surface area contributed by atoms with Gasteiger partial charge < -0.3 is 14.8 Å². The molecule has 1 saturated carbocycles. The molecule has 0 amide bonds. The molecule has 168 valence electrons. The number of allylic oxidation sites excluding steroid dienone is 1. The molecule has 2 saturated heterocycles. The summed E-state index contributed by atoms with van der Waals surface area (Å²) in [6, 6.07) is 7.90. The van der Waals surface area contributed by atoms with Crippen LogP contribution in [0.15, 0.2) is 46.1 Å². The van der Waals surface area contributed by atoms with Crippen molar-refractivity contribution in [2.24, 2.45) is 17.8 Å². The molecule has 3 heterocycles. The second-order valence-electron chi connectivity index (χ2n) is 9.72. The number of hydrogen-bond donors (Lipinski definition) is 1. The molecule has 1 aromatic heterocycles. The summed E-state index contributed by atoms with van der Waals surface area (Å²) in [5.41, 5.74) is 4.60. The largest absolute Gasteiger partial charge is 0.461 e. The highest BCUT2D eigenvalue weighted by atomic mass is 79.9. The van der Waals surface area contributed by atoms with E-state index in [1.807, 2.05) is 30.5 Å². The van der Waals surface area contributed by atoms with Crippen LogP contribution >= 0.6 is 15.9 Å². The van der Waals surface area contributed by atoms with Crippen LogP contribution in [-0.2, 0) is 20.8 Å². The fourth-order valence-corrected chi connectivity index (χ4v) is 6.56. The van der Waals surface area contributed by atoms with Gasteiger partial charge in [-0.3, -0.25) is 4.79 Å². The third-order valence-electron chi connectivity index (χ3n) is 7.91. The summed E-state index contributed by atoms with van der Waals surface area (Å²) in [5, 5.41) is 12.0. The average molecular weight is 499 g/mol. The summed E-state index contributed by atoms with van der Waals surface area (Å²) in [6.07, 6.45) is 5.20. The zero-order valence-corrected chi connectivity index (χ0v) is 19.8. The van der Waals surface area contributed by atoms with Gasteiger partial charge in [0.25, 0.3) is 0 Å². The molecular weight excluding hydrogens is 472 g/mol. The fourth-order valence-electron chi connectivity index (χ4n) is 6.09. The molecule has 0 unspecified atom stereocenters. The van der Waals surface area contributed by atoms with Crippen molar-refractivity contribution in [2.45, 2.75) is 57.5 Å². The van der Waals surface area contributed by atoms with Gasteiger partial charge in [0.05, 0.1) is 29.6 Å². The molecule has 2 aliphatic heterocycles. The number of ether oxygens (including phenoxy) is 2. The van der Waals surface area contributed by atoms with E-state index in [0.717, 1.165) is 35.1 Å². The van der Waals surface area contributed by atoms with Crippen molar-refractivity contribution in [2.75, 3.05) is 6.54 Å².